The van der Waals surface area contributed by atoms with Crippen LogP contribution in [0.1, 0.15) is 36.8 Å². The van der Waals surface area contributed by atoms with Gasteiger partial charge in [-0.25, -0.2) is 0 Å². The highest BCUT2D eigenvalue weighted by atomic mass is 16.1. The van der Waals surface area contributed by atoms with Gasteiger partial charge >= 0.3 is 0 Å². The minimum absolute atomic E-state index is 0.219. The third-order valence-electron chi connectivity index (χ3n) is 4.03. The molecule has 0 radical (unpaired) electrons. The number of allylic oxidation sites excluding steroid dienone is 2. The summed E-state index contributed by atoms with van der Waals surface area (Å²) in [6, 6.07) is 8.48. The van der Waals surface area contributed by atoms with Gasteiger partial charge in [0.15, 0.2) is 5.78 Å². The van der Waals surface area contributed by atoms with E-state index in [9.17, 15) is 4.79 Å². The molecule has 0 aromatic heterocycles. The van der Waals surface area contributed by atoms with Crippen molar-refractivity contribution in [3.05, 3.63) is 47.0 Å². The summed E-state index contributed by atoms with van der Waals surface area (Å²) in [6.07, 6.45) is 8.62. The Balaban J connectivity index is 1.76. The molecule has 1 nitrogen and oxygen atoms in total. The van der Waals surface area contributed by atoms with Gasteiger partial charge < -0.3 is 0 Å². The van der Waals surface area contributed by atoms with Gasteiger partial charge in [-0.05, 0) is 55.2 Å². The molecule has 0 fully saturated rings. The second kappa shape index (κ2) is 4.48. The number of carbonyl (C=O) groups is 1. The van der Waals surface area contributed by atoms with Gasteiger partial charge in [-0.3, -0.25) is 4.79 Å². The lowest BCUT2D eigenvalue weighted by Crippen LogP contribution is -2.18. The van der Waals surface area contributed by atoms with Crippen molar-refractivity contribution in [2.75, 3.05) is 0 Å². The number of carbonyl (C=O) groups excluding carboxylic acids is 1. The van der Waals surface area contributed by atoms with Crippen molar-refractivity contribution in [3.63, 3.8) is 0 Å². The minimum Gasteiger partial charge on any atom is -0.294 e. The number of benzene rings is 1. The van der Waals surface area contributed by atoms with E-state index in [1.54, 1.807) is 0 Å². The molecule has 0 saturated heterocycles. The van der Waals surface area contributed by atoms with E-state index in [0.717, 1.165) is 31.3 Å². The Labute approximate surface area is 103 Å². The zero-order valence-corrected chi connectivity index (χ0v) is 10.1. The third-order valence-corrected chi connectivity index (χ3v) is 4.03. The number of fused-ring (bicyclic) bond motifs is 1. The van der Waals surface area contributed by atoms with Gasteiger partial charge in [0.05, 0.1) is 0 Å². The average Bonchev–Trinajstić information content (AvgIpc) is 2.82. The molecule has 88 valence electrons. The van der Waals surface area contributed by atoms with Gasteiger partial charge in [0, 0.05) is 5.92 Å². The highest BCUT2D eigenvalue weighted by Crippen LogP contribution is 2.30. The lowest BCUT2D eigenvalue weighted by atomic mass is 9.88. The molecule has 1 aromatic carbocycles. The van der Waals surface area contributed by atoms with Crippen LogP contribution in [0.15, 0.2) is 35.9 Å². The third kappa shape index (κ3) is 2.06. The largest absolute Gasteiger partial charge is 0.294 e. The first-order valence-electron chi connectivity index (χ1n) is 6.64. The van der Waals surface area contributed by atoms with E-state index in [-0.39, 0.29) is 5.92 Å². The van der Waals surface area contributed by atoms with Crippen LogP contribution in [0.3, 0.4) is 0 Å². The van der Waals surface area contributed by atoms with Crippen LogP contribution in [0.2, 0.25) is 0 Å². The van der Waals surface area contributed by atoms with Crippen LogP contribution in [-0.2, 0) is 17.6 Å². The van der Waals surface area contributed by atoms with Crippen molar-refractivity contribution in [2.45, 2.75) is 38.5 Å². The summed E-state index contributed by atoms with van der Waals surface area (Å²) < 4.78 is 0. The zero-order chi connectivity index (χ0) is 11.7. The van der Waals surface area contributed by atoms with Crippen LogP contribution in [0.4, 0.5) is 0 Å². The summed E-state index contributed by atoms with van der Waals surface area (Å²) in [5, 5.41) is 0. The molecule has 2 aliphatic rings. The highest BCUT2D eigenvalue weighted by molar-refractivity contribution is 5.98. The fraction of sp³-hybridized carbons (Fsp3) is 0.438. The molecule has 0 N–H and O–H groups in total. The van der Waals surface area contributed by atoms with Crippen LogP contribution in [-0.4, -0.2) is 5.78 Å². The zero-order valence-electron chi connectivity index (χ0n) is 10.1. The molecule has 0 aliphatic heterocycles. The molecule has 0 heterocycles. The van der Waals surface area contributed by atoms with Crippen molar-refractivity contribution in [3.8, 4) is 0 Å². The van der Waals surface area contributed by atoms with Gasteiger partial charge in [-0.2, -0.15) is 0 Å². The Morgan fingerprint density at radius 3 is 2.35 bits per heavy atom. The fourth-order valence-electron chi connectivity index (χ4n) is 3.07. The van der Waals surface area contributed by atoms with E-state index in [2.05, 4.69) is 30.3 Å². The molecule has 1 heteroatoms. The molecule has 0 spiro atoms. The van der Waals surface area contributed by atoms with E-state index in [4.69, 9.17) is 0 Å². The summed E-state index contributed by atoms with van der Waals surface area (Å²) in [4.78, 5) is 12.4. The number of ketones is 1. The number of Topliss-reactive ketones (excluding diaryl/α,β-unsaturated/α-hetero) is 1. The number of hydrogen-bond donors (Lipinski definition) is 0. The van der Waals surface area contributed by atoms with Crippen LogP contribution >= 0.6 is 0 Å². The maximum Gasteiger partial charge on any atom is 0.162 e. The highest BCUT2D eigenvalue weighted by Gasteiger charge is 2.28. The summed E-state index contributed by atoms with van der Waals surface area (Å²) in [7, 11) is 0. The summed E-state index contributed by atoms with van der Waals surface area (Å²) >= 11 is 0. The van der Waals surface area contributed by atoms with E-state index in [0.29, 0.717) is 5.78 Å². The van der Waals surface area contributed by atoms with Gasteiger partial charge in [0.1, 0.15) is 0 Å². The van der Waals surface area contributed by atoms with Gasteiger partial charge in [-0.15, -0.1) is 0 Å². The summed E-state index contributed by atoms with van der Waals surface area (Å²) in [6.45, 7) is 0. The molecule has 17 heavy (non-hydrogen) atoms. The average molecular weight is 226 g/mol. The molecule has 2 aliphatic carbocycles. The second-order valence-corrected chi connectivity index (χ2v) is 5.21. The van der Waals surface area contributed by atoms with Gasteiger partial charge in [-0.1, -0.05) is 30.3 Å². The van der Waals surface area contributed by atoms with Crippen molar-refractivity contribution in [1.82, 2.24) is 0 Å². The molecule has 1 aromatic rings. The Kier molecular flexibility index (Phi) is 2.84. The SMILES string of the molecule is O=C(C1=CCCCC1)C1Cc2ccccc2C1. The predicted molar refractivity (Wildman–Crippen MR) is 68.9 cm³/mol. The predicted octanol–water partition coefficient (Wildman–Crippen LogP) is 3.47. The number of hydrogen-bond acceptors (Lipinski definition) is 1. The van der Waals surface area contributed by atoms with Gasteiger partial charge in [0.2, 0.25) is 0 Å². The van der Waals surface area contributed by atoms with Crippen LogP contribution < -0.4 is 0 Å². The molecule has 0 amide bonds. The van der Waals surface area contributed by atoms with Crippen LogP contribution in [0.25, 0.3) is 0 Å². The second-order valence-electron chi connectivity index (χ2n) is 5.21. The smallest absolute Gasteiger partial charge is 0.162 e. The Morgan fingerprint density at radius 2 is 1.76 bits per heavy atom. The lowest BCUT2D eigenvalue weighted by Gasteiger charge is -2.15. The first kappa shape index (κ1) is 10.8. The molecular weight excluding hydrogens is 208 g/mol. The number of rotatable bonds is 2. The topological polar surface area (TPSA) is 17.1 Å². The lowest BCUT2D eigenvalue weighted by molar-refractivity contribution is -0.119. The molecule has 0 atom stereocenters. The molecular formula is C16H18O. The fourth-order valence-corrected chi connectivity index (χ4v) is 3.07. The maximum atomic E-state index is 12.4. The minimum atomic E-state index is 0.219. The molecule has 0 bridgehead atoms. The van der Waals surface area contributed by atoms with Crippen molar-refractivity contribution < 1.29 is 4.79 Å². The van der Waals surface area contributed by atoms with Crippen molar-refractivity contribution in [2.24, 2.45) is 5.92 Å². The summed E-state index contributed by atoms with van der Waals surface area (Å²) in [5.74, 6) is 0.637. The van der Waals surface area contributed by atoms with Crippen LogP contribution in [0.5, 0.6) is 0 Å². The van der Waals surface area contributed by atoms with E-state index in [1.165, 1.54) is 24.0 Å². The first-order valence-corrected chi connectivity index (χ1v) is 6.64. The van der Waals surface area contributed by atoms with E-state index >= 15 is 0 Å². The Bertz CT molecular complexity index is 445. The van der Waals surface area contributed by atoms with Gasteiger partial charge in [0.25, 0.3) is 0 Å². The maximum absolute atomic E-state index is 12.4. The quantitative estimate of drug-likeness (QED) is 0.754. The first-order chi connectivity index (χ1) is 8.34. The molecule has 0 saturated carbocycles. The Hall–Kier alpha value is -1.37. The normalized spacial score (nSPS) is 19.9. The van der Waals surface area contributed by atoms with E-state index < -0.39 is 0 Å². The van der Waals surface area contributed by atoms with Crippen molar-refractivity contribution >= 4 is 5.78 Å². The molecule has 0 unspecified atom stereocenters. The van der Waals surface area contributed by atoms with Crippen LogP contribution in [0, 0.1) is 5.92 Å². The van der Waals surface area contributed by atoms with Crippen molar-refractivity contribution in [1.29, 1.82) is 0 Å². The standard InChI is InChI=1S/C16H18O/c17-16(12-6-2-1-3-7-12)15-10-13-8-4-5-9-14(13)11-15/h4-6,8-9,15H,1-3,7,10-11H2. The Morgan fingerprint density at radius 1 is 1.06 bits per heavy atom. The van der Waals surface area contributed by atoms with E-state index in [1.807, 2.05) is 0 Å². The summed E-state index contributed by atoms with van der Waals surface area (Å²) in [5.41, 5.74) is 3.86. The molecule has 3 rings (SSSR count). The monoisotopic (exact) mass is 226 g/mol.